The number of fused-ring (bicyclic) bond motifs is 3. The number of nitrogens with zero attached hydrogens (tertiary/aromatic N) is 2. The lowest BCUT2D eigenvalue weighted by Gasteiger charge is -2.34. The van der Waals surface area contributed by atoms with Crippen LogP contribution in [-0.4, -0.2) is 30.8 Å². The van der Waals surface area contributed by atoms with Crippen molar-refractivity contribution in [3.63, 3.8) is 0 Å². The molecule has 0 saturated carbocycles. The third kappa shape index (κ3) is 1.98. The van der Waals surface area contributed by atoms with E-state index >= 15 is 0 Å². The lowest BCUT2D eigenvalue weighted by atomic mass is 9.86. The molecule has 0 radical (unpaired) electrons. The van der Waals surface area contributed by atoms with E-state index in [1.165, 1.54) is 0 Å². The molecule has 1 amide bonds. The Labute approximate surface area is 122 Å². The van der Waals surface area contributed by atoms with E-state index in [0.717, 1.165) is 23.4 Å². The van der Waals surface area contributed by atoms with Crippen molar-refractivity contribution in [1.29, 1.82) is 0 Å². The van der Waals surface area contributed by atoms with Gasteiger partial charge in [0.1, 0.15) is 5.92 Å². The highest BCUT2D eigenvalue weighted by atomic mass is 35.5. The molecule has 6 heteroatoms. The zero-order chi connectivity index (χ0) is 14.3. The van der Waals surface area contributed by atoms with Crippen LogP contribution in [0.4, 0.5) is 5.69 Å². The summed E-state index contributed by atoms with van der Waals surface area (Å²) in [5.41, 5.74) is 11.2. The number of carbonyl (C=O) groups excluding carboxylic acids is 1. The SMILES string of the molecule is CC1NN=C2c3cc(Cl)ccc3N(CCCN)C(=O)C21. The quantitative estimate of drug-likeness (QED) is 0.883. The van der Waals surface area contributed by atoms with E-state index in [2.05, 4.69) is 10.5 Å². The minimum absolute atomic E-state index is 0.00464. The number of hydrogen-bond donors (Lipinski definition) is 2. The third-order valence-electron chi connectivity index (χ3n) is 3.83. The maximum Gasteiger partial charge on any atom is 0.238 e. The van der Waals surface area contributed by atoms with Crippen LogP contribution in [0.15, 0.2) is 23.3 Å². The molecule has 0 saturated heterocycles. The maximum atomic E-state index is 12.7. The molecular formula is C14H17ClN4O. The van der Waals surface area contributed by atoms with Crippen molar-refractivity contribution in [3.8, 4) is 0 Å². The van der Waals surface area contributed by atoms with Crippen LogP contribution < -0.4 is 16.1 Å². The van der Waals surface area contributed by atoms with Crippen LogP contribution in [0.25, 0.3) is 0 Å². The molecule has 2 atom stereocenters. The maximum absolute atomic E-state index is 12.7. The van der Waals surface area contributed by atoms with Gasteiger partial charge < -0.3 is 16.1 Å². The smallest absolute Gasteiger partial charge is 0.238 e. The van der Waals surface area contributed by atoms with Crippen LogP contribution >= 0.6 is 11.6 Å². The lowest BCUT2D eigenvalue weighted by molar-refractivity contribution is -0.121. The van der Waals surface area contributed by atoms with Gasteiger partial charge in [-0.2, -0.15) is 5.10 Å². The Hall–Kier alpha value is -1.59. The standard InChI is InChI=1S/C14H17ClN4O/c1-8-12-13(18-17-8)10-7-9(15)3-4-11(10)19(14(12)20)6-2-5-16/h3-4,7-8,12,17H,2,5-6,16H2,1H3. The fraction of sp³-hybridized carbons (Fsp3) is 0.429. The minimum atomic E-state index is -0.237. The summed E-state index contributed by atoms with van der Waals surface area (Å²) < 4.78 is 0. The first-order valence-corrected chi connectivity index (χ1v) is 7.15. The molecule has 0 aliphatic carbocycles. The van der Waals surface area contributed by atoms with Gasteiger partial charge in [-0.25, -0.2) is 0 Å². The number of amides is 1. The Morgan fingerprint density at radius 1 is 1.50 bits per heavy atom. The van der Waals surface area contributed by atoms with Crippen LogP contribution in [-0.2, 0) is 4.79 Å². The summed E-state index contributed by atoms with van der Waals surface area (Å²) in [6.07, 6.45) is 0.773. The van der Waals surface area contributed by atoms with Crippen molar-refractivity contribution in [2.75, 3.05) is 18.0 Å². The number of anilines is 1. The molecule has 0 bridgehead atoms. The molecule has 2 unspecified atom stereocenters. The highest BCUT2D eigenvalue weighted by Gasteiger charge is 2.43. The van der Waals surface area contributed by atoms with Crippen molar-refractivity contribution >= 4 is 28.9 Å². The molecule has 2 aliphatic heterocycles. The summed E-state index contributed by atoms with van der Waals surface area (Å²) in [5.74, 6) is -0.150. The van der Waals surface area contributed by atoms with Crippen molar-refractivity contribution in [2.45, 2.75) is 19.4 Å². The van der Waals surface area contributed by atoms with E-state index in [0.29, 0.717) is 18.1 Å². The van der Waals surface area contributed by atoms with Gasteiger partial charge in [-0.1, -0.05) is 11.6 Å². The number of halogens is 1. The Morgan fingerprint density at radius 3 is 3.05 bits per heavy atom. The minimum Gasteiger partial charge on any atom is -0.330 e. The molecule has 3 rings (SSSR count). The number of rotatable bonds is 3. The monoisotopic (exact) mass is 292 g/mol. The molecular weight excluding hydrogens is 276 g/mol. The fourth-order valence-corrected chi connectivity index (χ4v) is 3.00. The van der Waals surface area contributed by atoms with E-state index < -0.39 is 0 Å². The average molecular weight is 293 g/mol. The number of benzene rings is 1. The molecule has 2 aliphatic rings. The fourth-order valence-electron chi connectivity index (χ4n) is 2.83. The summed E-state index contributed by atoms with van der Waals surface area (Å²) in [6, 6.07) is 5.57. The van der Waals surface area contributed by atoms with Gasteiger partial charge in [-0.3, -0.25) is 4.79 Å². The van der Waals surface area contributed by atoms with E-state index in [1.807, 2.05) is 24.0 Å². The largest absolute Gasteiger partial charge is 0.330 e. The summed E-state index contributed by atoms with van der Waals surface area (Å²) >= 11 is 6.09. The predicted octanol–water partition coefficient (Wildman–Crippen LogP) is 1.35. The zero-order valence-electron chi connectivity index (χ0n) is 11.3. The van der Waals surface area contributed by atoms with Gasteiger partial charge in [-0.15, -0.1) is 0 Å². The summed E-state index contributed by atoms with van der Waals surface area (Å²) in [5, 5.41) is 4.97. The van der Waals surface area contributed by atoms with Crippen molar-refractivity contribution in [1.82, 2.24) is 5.43 Å². The normalized spacial score (nSPS) is 24.1. The molecule has 0 fully saturated rings. The number of hydrogen-bond acceptors (Lipinski definition) is 4. The summed E-state index contributed by atoms with van der Waals surface area (Å²) in [6.45, 7) is 3.16. The van der Waals surface area contributed by atoms with E-state index in [-0.39, 0.29) is 17.9 Å². The third-order valence-corrected chi connectivity index (χ3v) is 4.06. The predicted molar refractivity (Wildman–Crippen MR) is 80.1 cm³/mol. The van der Waals surface area contributed by atoms with Gasteiger partial charge in [-0.05, 0) is 38.1 Å². The zero-order valence-corrected chi connectivity index (χ0v) is 12.0. The number of hydrazone groups is 1. The van der Waals surface area contributed by atoms with Gasteiger partial charge in [0, 0.05) is 17.1 Å². The Morgan fingerprint density at radius 2 is 2.30 bits per heavy atom. The first-order chi connectivity index (χ1) is 9.63. The Kier molecular flexibility index (Phi) is 3.40. The van der Waals surface area contributed by atoms with Gasteiger partial charge in [0.05, 0.1) is 17.4 Å². The van der Waals surface area contributed by atoms with Crippen molar-refractivity contribution < 1.29 is 4.79 Å². The van der Waals surface area contributed by atoms with E-state index in [9.17, 15) is 4.79 Å². The van der Waals surface area contributed by atoms with E-state index in [1.54, 1.807) is 6.07 Å². The Bertz CT molecular complexity index is 587. The van der Waals surface area contributed by atoms with Crippen LogP contribution in [0, 0.1) is 5.92 Å². The van der Waals surface area contributed by atoms with Crippen LogP contribution in [0.3, 0.4) is 0 Å². The first-order valence-electron chi connectivity index (χ1n) is 6.78. The topological polar surface area (TPSA) is 70.7 Å². The first kappa shape index (κ1) is 13.4. The molecule has 0 aromatic heterocycles. The second kappa shape index (κ2) is 5.07. The second-order valence-electron chi connectivity index (χ2n) is 5.19. The molecule has 106 valence electrons. The van der Waals surface area contributed by atoms with Crippen molar-refractivity contribution in [2.24, 2.45) is 16.8 Å². The van der Waals surface area contributed by atoms with Crippen LogP contribution in [0.5, 0.6) is 0 Å². The molecule has 1 aromatic carbocycles. The average Bonchev–Trinajstić information content (AvgIpc) is 2.82. The highest BCUT2D eigenvalue weighted by Crippen LogP contribution is 2.36. The van der Waals surface area contributed by atoms with Crippen LogP contribution in [0.1, 0.15) is 18.9 Å². The number of nitrogens with two attached hydrogens (primary N) is 1. The summed E-state index contributed by atoms with van der Waals surface area (Å²) in [7, 11) is 0. The molecule has 0 spiro atoms. The molecule has 2 heterocycles. The van der Waals surface area contributed by atoms with Gasteiger partial charge in [0.15, 0.2) is 0 Å². The van der Waals surface area contributed by atoms with Gasteiger partial charge >= 0.3 is 0 Å². The number of nitrogens with one attached hydrogen (secondary N) is 1. The molecule has 3 N–H and O–H groups in total. The van der Waals surface area contributed by atoms with Gasteiger partial charge in [0.25, 0.3) is 0 Å². The van der Waals surface area contributed by atoms with Crippen molar-refractivity contribution in [3.05, 3.63) is 28.8 Å². The van der Waals surface area contributed by atoms with Gasteiger partial charge in [0.2, 0.25) is 5.91 Å². The molecule has 1 aromatic rings. The number of carbonyl (C=O) groups is 1. The highest BCUT2D eigenvalue weighted by molar-refractivity contribution is 6.32. The molecule has 20 heavy (non-hydrogen) atoms. The van der Waals surface area contributed by atoms with Crippen LogP contribution in [0.2, 0.25) is 5.02 Å². The summed E-state index contributed by atoms with van der Waals surface area (Å²) in [4.78, 5) is 14.5. The Balaban J connectivity index is 2.09. The molecule has 5 nitrogen and oxygen atoms in total. The van der Waals surface area contributed by atoms with E-state index in [4.69, 9.17) is 17.3 Å². The second-order valence-corrected chi connectivity index (χ2v) is 5.62. The lowest BCUT2D eigenvalue weighted by Crippen LogP contribution is -2.48.